The van der Waals surface area contributed by atoms with Crippen molar-refractivity contribution in [3.05, 3.63) is 69.6 Å². The molecular formula is C23H20FNO5S2. The van der Waals surface area contributed by atoms with Crippen molar-refractivity contribution in [1.29, 1.82) is 0 Å². The van der Waals surface area contributed by atoms with E-state index in [2.05, 4.69) is 0 Å². The molecule has 4 rings (SSSR count). The summed E-state index contributed by atoms with van der Waals surface area (Å²) in [7, 11) is -4.37. The number of amides is 1. The van der Waals surface area contributed by atoms with Gasteiger partial charge in [0.2, 0.25) is 5.91 Å². The smallest absolute Gasteiger partial charge is 0.396 e. The van der Waals surface area contributed by atoms with Gasteiger partial charge in [-0.15, -0.1) is 0 Å². The number of nitrogens with zero attached hydrogens (tertiary/aromatic N) is 1. The Morgan fingerprint density at radius 3 is 2.53 bits per heavy atom. The van der Waals surface area contributed by atoms with E-state index in [0.29, 0.717) is 33.9 Å². The van der Waals surface area contributed by atoms with Gasteiger partial charge in [0, 0.05) is 17.2 Å². The van der Waals surface area contributed by atoms with Crippen molar-refractivity contribution >= 4 is 54.0 Å². The highest BCUT2D eigenvalue weighted by molar-refractivity contribution is 7.93. The van der Waals surface area contributed by atoms with Crippen LogP contribution in [0.25, 0.3) is 21.1 Å². The van der Waals surface area contributed by atoms with E-state index < -0.39 is 26.7 Å². The highest BCUT2D eigenvalue weighted by Crippen LogP contribution is 2.38. The molecule has 0 spiro atoms. The Morgan fingerprint density at radius 1 is 1.12 bits per heavy atom. The Morgan fingerprint density at radius 2 is 1.84 bits per heavy atom. The molecule has 0 radical (unpaired) electrons. The Hall–Kier alpha value is -3.04. The third-order valence-electron chi connectivity index (χ3n) is 5.16. The van der Waals surface area contributed by atoms with Crippen molar-refractivity contribution in [3.63, 3.8) is 0 Å². The molecule has 0 aliphatic heterocycles. The van der Waals surface area contributed by atoms with Gasteiger partial charge in [-0.05, 0) is 43.2 Å². The molecule has 0 aliphatic rings. The number of fused-ring (bicyclic) bond motifs is 3. The molecule has 0 N–H and O–H groups in total. The first-order valence-electron chi connectivity index (χ1n) is 10.0. The molecule has 32 heavy (non-hydrogen) atoms. The SMILES string of the molecule is CCCCC(=O)N(c1cc2sc(=O)oc2c2ccccc12)S(=O)(=O)c1ccc(F)cc1C. The van der Waals surface area contributed by atoms with Gasteiger partial charge in [-0.2, -0.15) is 0 Å². The number of rotatable bonds is 6. The molecule has 0 saturated heterocycles. The zero-order chi connectivity index (χ0) is 23.0. The van der Waals surface area contributed by atoms with Gasteiger partial charge in [0.1, 0.15) is 5.82 Å². The lowest BCUT2D eigenvalue weighted by molar-refractivity contribution is -0.117. The summed E-state index contributed by atoms with van der Waals surface area (Å²) in [4.78, 5) is 24.5. The largest absolute Gasteiger partial charge is 0.413 e. The van der Waals surface area contributed by atoms with Crippen molar-refractivity contribution in [1.82, 2.24) is 0 Å². The number of hydrogen-bond donors (Lipinski definition) is 0. The molecule has 0 atom stereocenters. The van der Waals surface area contributed by atoms with Crippen LogP contribution in [0.3, 0.4) is 0 Å². The third kappa shape index (κ3) is 3.82. The maximum Gasteiger partial charge on any atom is 0.396 e. The second-order valence-electron chi connectivity index (χ2n) is 7.40. The fraction of sp³-hybridized carbons (Fsp3) is 0.217. The van der Waals surface area contributed by atoms with E-state index in [4.69, 9.17) is 4.42 Å². The highest BCUT2D eigenvalue weighted by Gasteiger charge is 2.33. The fourth-order valence-corrected chi connectivity index (χ4v) is 6.07. The molecule has 0 bridgehead atoms. The van der Waals surface area contributed by atoms with Gasteiger partial charge in [-0.25, -0.2) is 21.9 Å². The van der Waals surface area contributed by atoms with Crippen LogP contribution in [-0.4, -0.2) is 14.3 Å². The van der Waals surface area contributed by atoms with Crippen LogP contribution in [0.15, 0.2) is 62.6 Å². The van der Waals surface area contributed by atoms with Crippen LogP contribution in [0.5, 0.6) is 0 Å². The Balaban J connectivity index is 2.04. The molecule has 166 valence electrons. The summed E-state index contributed by atoms with van der Waals surface area (Å²) in [5, 5.41) is 0.979. The van der Waals surface area contributed by atoms with Gasteiger partial charge < -0.3 is 4.42 Å². The van der Waals surface area contributed by atoms with Crippen molar-refractivity contribution in [2.45, 2.75) is 38.0 Å². The molecular weight excluding hydrogens is 453 g/mol. The van der Waals surface area contributed by atoms with Crippen LogP contribution in [0, 0.1) is 12.7 Å². The molecule has 9 heteroatoms. The van der Waals surface area contributed by atoms with E-state index in [0.717, 1.165) is 33.8 Å². The number of hydrogen-bond acceptors (Lipinski definition) is 6. The number of carbonyl (C=O) groups is 1. The van der Waals surface area contributed by atoms with Crippen molar-refractivity contribution in [3.8, 4) is 0 Å². The minimum Gasteiger partial charge on any atom is -0.413 e. The lowest BCUT2D eigenvalue weighted by Crippen LogP contribution is -2.37. The first-order chi connectivity index (χ1) is 15.2. The predicted molar refractivity (Wildman–Crippen MR) is 123 cm³/mol. The summed E-state index contributed by atoms with van der Waals surface area (Å²) in [6, 6.07) is 11.7. The number of benzene rings is 3. The number of halogens is 1. The number of unbranched alkanes of at least 4 members (excludes halogenated alkanes) is 1. The molecule has 0 fully saturated rings. The van der Waals surface area contributed by atoms with E-state index in [1.54, 1.807) is 24.3 Å². The summed E-state index contributed by atoms with van der Waals surface area (Å²) in [6.45, 7) is 3.38. The zero-order valence-corrected chi connectivity index (χ0v) is 19.1. The number of carbonyl (C=O) groups excluding carboxylic acids is 1. The van der Waals surface area contributed by atoms with Crippen LogP contribution in [0.1, 0.15) is 31.7 Å². The van der Waals surface area contributed by atoms with Gasteiger partial charge in [0.15, 0.2) is 5.58 Å². The average Bonchev–Trinajstić information content (AvgIpc) is 3.12. The van der Waals surface area contributed by atoms with E-state index in [1.807, 2.05) is 6.92 Å². The topological polar surface area (TPSA) is 84.7 Å². The second-order valence-corrected chi connectivity index (χ2v) is 10.1. The molecule has 0 saturated carbocycles. The van der Waals surface area contributed by atoms with Gasteiger partial charge >= 0.3 is 4.94 Å². The first-order valence-corrected chi connectivity index (χ1v) is 12.3. The fourth-order valence-electron chi connectivity index (χ4n) is 3.68. The number of anilines is 1. The molecule has 3 aromatic carbocycles. The van der Waals surface area contributed by atoms with Crippen molar-refractivity contribution in [2.24, 2.45) is 0 Å². The Bertz CT molecular complexity index is 1500. The summed E-state index contributed by atoms with van der Waals surface area (Å²) in [5.74, 6) is -1.17. The van der Waals surface area contributed by atoms with E-state index >= 15 is 0 Å². The summed E-state index contributed by atoms with van der Waals surface area (Å²) >= 11 is 0.835. The molecule has 6 nitrogen and oxygen atoms in total. The van der Waals surface area contributed by atoms with Gasteiger partial charge in [-0.1, -0.05) is 48.9 Å². The third-order valence-corrected chi connectivity index (χ3v) is 7.83. The van der Waals surface area contributed by atoms with E-state index in [1.165, 1.54) is 13.0 Å². The Kier molecular flexibility index (Phi) is 5.87. The standard InChI is InChI=1S/C23H20FNO5S2/c1-3-4-9-21(26)25(32(28,29)20-11-10-15(24)12-14(20)2)18-13-19-22(30-23(27)31-19)17-8-6-5-7-16(17)18/h5-8,10-13H,3-4,9H2,1-2H3. The summed E-state index contributed by atoms with van der Waals surface area (Å²) in [5.41, 5.74) is 0.669. The van der Waals surface area contributed by atoms with Crippen molar-refractivity contribution < 1.29 is 22.0 Å². The molecule has 4 aromatic rings. The summed E-state index contributed by atoms with van der Waals surface area (Å²) < 4.78 is 47.7. The zero-order valence-electron chi connectivity index (χ0n) is 17.4. The average molecular weight is 474 g/mol. The van der Waals surface area contributed by atoms with Crippen LogP contribution in [-0.2, 0) is 14.8 Å². The molecule has 0 unspecified atom stereocenters. The molecule has 1 aromatic heterocycles. The second kappa shape index (κ2) is 8.48. The Labute approximate surface area is 187 Å². The van der Waals surface area contributed by atoms with Gasteiger partial charge in [0.05, 0.1) is 15.3 Å². The minimum absolute atomic E-state index is 0.0178. The highest BCUT2D eigenvalue weighted by atomic mass is 32.2. The number of sulfonamides is 1. The molecule has 1 heterocycles. The number of aryl methyl sites for hydroxylation is 1. The molecule has 1 amide bonds. The lowest BCUT2D eigenvalue weighted by Gasteiger charge is -2.25. The summed E-state index contributed by atoms with van der Waals surface area (Å²) in [6.07, 6.45) is 1.23. The van der Waals surface area contributed by atoms with Crippen LogP contribution in [0.4, 0.5) is 10.1 Å². The lowest BCUT2D eigenvalue weighted by atomic mass is 10.1. The first kappa shape index (κ1) is 22.2. The van der Waals surface area contributed by atoms with E-state index in [9.17, 15) is 22.4 Å². The molecule has 0 aliphatic carbocycles. The predicted octanol–water partition coefficient (Wildman–Crippen LogP) is 5.37. The van der Waals surface area contributed by atoms with Gasteiger partial charge in [-0.3, -0.25) is 4.79 Å². The maximum atomic E-state index is 13.8. The monoisotopic (exact) mass is 473 g/mol. The van der Waals surface area contributed by atoms with E-state index in [-0.39, 0.29) is 22.6 Å². The maximum absolute atomic E-state index is 13.8. The van der Waals surface area contributed by atoms with Crippen LogP contribution in [0.2, 0.25) is 0 Å². The minimum atomic E-state index is -4.37. The normalized spacial score (nSPS) is 11.8. The van der Waals surface area contributed by atoms with Crippen LogP contribution >= 0.6 is 11.3 Å². The van der Waals surface area contributed by atoms with Crippen molar-refractivity contribution in [2.75, 3.05) is 4.31 Å². The quantitative estimate of drug-likeness (QED) is 0.376. The van der Waals surface area contributed by atoms with Gasteiger partial charge in [0.25, 0.3) is 10.0 Å². The van der Waals surface area contributed by atoms with Crippen LogP contribution < -0.4 is 9.24 Å².